The van der Waals surface area contributed by atoms with Crippen LogP contribution in [0.1, 0.15) is 46.2 Å². The van der Waals surface area contributed by atoms with Crippen LogP contribution in [0.3, 0.4) is 0 Å². The van der Waals surface area contributed by atoms with Gasteiger partial charge in [0, 0.05) is 25.2 Å². The molecule has 0 unspecified atom stereocenters. The molecule has 7 heteroatoms. The Morgan fingerprint density at radius 1 is 1.37 bits per heavy atom. The van der Waals surface area contributed by atoms with E-state index in [0.717, 1.165) is 12.8 Å². The molecule has 6 nitrogen and oxygen atoms in total. The van der Waals surface area contributed by atoms with E-state index < -0.39 is 8.32 Å². The van der Waals surface area contributed by atoms with E-state index in [2.05, 4.69) is 43.8 Å². The van der Waals surface area contributed by atoms with Crippen LogP contribution >= 0.6 is 0 Å². The van der Waals surface area contributed by atoms with Gasteiger partial charge in [-0.25, -0.2) is 4.98 Å². The lowest BCUT2D eigenvalue weighted by molar-refractivity contribution is -0.121. The molecular weight excluding hydrogens is 358 g/mol. The number of H-pyrrole nitrogens is 1. The van der Waals surface area contributed by atoms with Gasteiger partial charge in [-0.1, -0.05) is 26.8 Å². The molecule has 150 valence electrons. The first-order chi connectivity index (χ1) is 12.5. The van der Waals surface area contributed by atoms with Crippen LogP contribution in [0.5, 0.6) is 0 Å². The Morgan fingerprint density at radius 3 is 2.56 bits per heavy atom. The van der Waals surface area contributed by atoms with Crippen LogP contribution in [-0.2, 0) is 9.22 Å². The summed E-state index contributed by atoms with van der Waals surface area (Å²) in [6, 6.07) is 0. The highest BCUT2D eigenvalue weighted by Gasteiger charge is 2.36. The lowest BCUT2D eigenvalue weighted by atomic mass is 9.93. The van der Waals surface area contributed by atoms with Crippen molar-refractivity contribution in [1.29, 1.82) is 0 Å². The average molecular weight is 392 g/mol. The maximum atomic E-state index is 12.2. The average Bonchev–Trinajstić information content (AvgIpc) is 2.59. The van der Waals surface area contributed by atoms with Gasteiger partial charge >= 0.3 is 0 Å². The fourth-order valence-electron chi connectivity index (χ4n) is 2.85. The molecule has 0 radical (unpaired) electrons. The van der Waals surface area contributed by atoms with E-state index in [1.807, 2.05) is 17.1 Å². The van der Waals surface area contributed by atoms with E-state index in [0.29, 0.717) is 31.2 Å². The summed E-state index contributed by atoms with van der Waals surface area (Å²) in [5.74, 6) is 0.773. The van der Waals surface area contributed by atoms with Crippen molar-refractivity contribution < 1.29 is 9.22 Å². The number of piperidine rings is 1. The summed E-state index contributed by atoms with van der Waals surface area (Å²) in [7, 11) is -1.77. The van der Waals surface area contributed by atoms with Gasteiger partial charge in [0.2, 0.25) is 0 Å². The van der Waals surface area contributed by atoms with Gasteiger partial charge in [0.15, 0.2) is 14.1 Å². The molecule has 1 saturated heterocycles. The Hall–Kier alpha value is -1.73. The maximum absolute atomic E-state index is 12.2. The minimum atomic E-state index is -1.77. The second-order valence-corrected chi connectivity index (χ2v) is 13.6. The van der Waals surface area contributed by atoms with Crippen LogP contribution in [0.4, 0.5) is 5.82 Å². The smallest absolute Gasteiger partial charge is 0.290 e. The molecule has 0 aromatic carbocycles. The molecule has 0 saturated carbocycles. The van der Waals surface area contributed by atoms with Gasteiger partial charge in [-0.2, -0.15) is 0 Å². The van der Waals surface area contributed by atoms with E-state index in [1.54, 1.807) is 13.1 Å². The molecule has 0 bridgehead atoms. The molecule has 0 spiro atoms. The van der Waals surface area contributed by atoms with Gasteiger partial charge in [-0.05, 0) is 44.0 Å². The Bertz CT molecular complexity index is 742. The third-order valence-electron chi connectivity index (χ3n) is 5.79. The maximum Gasteiger partial charge on any atom is 0.290 e. The highest BCUT2D eigenvalue weighted by Crippen LogP contribution is 2.36. The van der Waals surface area contributed by atoms with E-state index in [-0.39, 0.29) is 22.3 Å². The number of aromatic amines is 1. The summed E-state index contributed by atoms with van der Waals surface area (Å²) >= 11 is 0. The lowest BCUT2D eigenvalue weighted by Gasteiger charge is -2.35. The van der Waals surface area contributed by atoms with Gasteiger partial charge < -0.3 is 14.3 Å². The summed E-state index contributed by atoms with van der Waals surface area (Å²) in [6.45, 7) is 14.6. The molecule has 1 aliphatic rings. The summed E-state index contributed by atoms with van der Waals surface area (Å²) in [4.78, 5) is 33.0. The normalized spacial score (nSPS) is 16.9. The molecule has 2 heterocycles. The van der Waals surface area contributed by atoms with Crippen molar-refractivity contribution in [3.05, 3.63) is 28.3 Å². The molecule has 1 aliphatic heterocycles. The topological polar surface area (TPSA) is 75.3 Å². The summed E-state index contributed by atoms with van der Waals surface area (Å²) in [5, 5.41) is 0.177. The zero-order chi connectivity index (χ0) is 20.2. The highest BCUT2D eigenvalue weighted by molar-refractivity contribution is 6.74. The number of hydrogen-bond donors (Lipinski definition) is 1. The number of carbonyl (C=O) groups is 1. The number of hydrogen-bond acceptors (Lipinski definition) is 5. The van der Waals surface area contributed by atoms with Crippen molar-refractivity contribution in [3.63, 3.8) is 0 Å². The SMILES string of the molecule is CC(=O)C1CCN(c2nc(/C=C/CO[Si](C)(C)C(C)(C)C)c[nH]c2=O)CC1. The van der Waals surface area contributed by atoms with E-state index in [4.69, 9.17) is 4.43 Å². The van der Waals surface area contributed by atoms with Crippen molar-refractivity contribution in [1.82, 2.24) is 9.97 Å². The summed E-state index contributed by atoms with van der Waals surface area (Å²) < 4.78 is 6.13. The summed E-state index contributed by atoms with van der Waals surface area (Å²) in [6.07, 6.45) is 7.01. The Kier molecular flexibility index (Phi) is 6.81. The van der Waals surface area contributed by atoms with Crippen molar-refractivity contribution in [2.24, 2.45) is 5.92 Å². The van der Waals surface area contributed by atoms with Crippen molar-refractivity contribution >= 4 is 26.0 Å². The van der Waals surface area contributed by atoms with E-state index in [9.17, 15) is 9.59 Å². The highest BCUT2D eigenvalue weighted by atomic mass is 28.4. The Labute approximate surface area is 163 Å². The second kappa shape index (κ2) is 8.52. The van der Waals surface area contributed by atoms with Crippen molar-refractivity contribution in [2.75, 3.05) is 24.6 Å². The lowest BCUT2D eigenvalue weighted by Crippen LogP contribution is -2.40. The molecule has 27 heavy (non-hydrogen) atoms. The fourth-order valence-corrected chi connectivity index (χ4v) is 3.79. The van der Waals surface area contributed by atoms with Crippen LogP contribution in [0, 0.1) is 5.92 Å². The minimum Gasteiger partial charge on any atom is -0.413 e. The fraction of sp³-hybridized carbons (Fsp3) is 0.650. The summed E-state index contributed by atoms with van der Waals surface area (Å²) in [5.41, 5.74) is 0.517. The number of rotatable bonds is 6. The number of Topliss-reactive ketones (excluding diaryl/α,β-unsaturated/α-hetero) is 1. The number of nitrogens with one attached hydrogen (secondary N) is 1. The van der Waals surface area contributed by atoms with Gasteiger partial charge in [-0.15, -0.1) is 0 Å². The predicted molar refractivity (Wildman–Crippen MR) is 113 cm³/mol. The minimum absolute atomic E-state index is 0.107. The zero-order valence-electron chi connectivity index (χ0n) is 17.5. The Morgan fingerprint density at radius 2 is 2.00 bits per heavy atom. The number of nitrogens with zero attached hydrogens (tertiary/aromatic N) is 2. The number of carbonyl (C=O) groups excluding carboxylic acids is 1. The first kappa shape index (κ1) is 21.6. The first-order valence-electron chi connectivity index (χ1n) is 9.67. The molecule has 1 aromatic heterocycles. The largest absolute Gasteiger partial charge is 0.413 e. The standard InChI is InChI=1S/C20H33N3O3Si/c1-15(24)16-9-11-23(12-10-16)18-19(25)21-14-17(22-18)8-7-13-26-27(5,6)20(2,3)4/h7-8,14,16H,9-13H2,1-6H3,(H,21,25)/b8-7+. The first-order valence-corrected chi connectivity index (χ1v) is 12.6. The molecule has 0 atom stereocenters. The second-order valence-electron chi connectivity index (χ2n) is 8.82. The predicted octanol–water partition coefficient (Wildman–Crippen LogP) is 3.61. The van der Waals surface area contributed by atoms with Gasteiger partial charge in [0.25, 0.3) is 5.56 Å². The van der Waals surface area contributed by atoms with E-state index >= 15 is 0 Å². The van der Waals surface area contributed by atoms with Crippen LogP contribution in [0.25, 0.3) is 6.08 Å². The van der Waals surface area contributed by atoms with Gasteiger partial charge in [0.05, 0.1) is 12.3 Å². The van der Waals surface area contributed by atoms with Gasteiger partial charge in [0.1, 0.15) is 5.78 Å². The number of aromatic nitrogens is 2. The van der Waals surface area contributed by atoms with Crippen LogP contribution < -0.4 is 10.5 Å². The van der Waals surface area contributed by atoms with Crippen molar-refractivity contribution in [2.45, 2.75) is 58.7 Å². The van der Waals surface area contributed by atoms with Crippen molar-refractivity contribution in [3.8, 4) is 0 Å². The number of ketones is 1. The molecule has 1 fully saturated rings. The Balaban J connectivity index is 2.01. The molecular formula is C20H33N3O3Si. The van der Waals surface area contributed by atoms with Crippen LogP contribution in [0.2, 0.25) is 18.1 Å². The third kappa shape index (κ3) is 5.62. The molecule has 2 rings (SSSR count). The van der Waals surface area contributed by atoms with Crippen LogP contribution in [0.15, 0.2) is 17.1 Å². The molecule has 1 aromatic rings. The zero-order valence-corrected chi connectivity index (χ0v) is 18.5. The third-order valence-corrected chi connectivity index (χ3v) is 10.3. The van der Waals surface area contributed by atoms with Gasteiger partial charge in [-0.3, -0.25) is 9.59 Å². The molecule has 0 amide bonds. The number of anilines is 1. The van der Waals surface area contributed by atoms with Crippen LogP contribution in [-0.4, -0.2) is 43.8 Å². The quantitative estimate of drug-likeness (QED) is 0.750. The molecule has 0 aliphatic carbocycles. The van der Waals surface area contributed by atoms with E-state index in [1.165, 1.54) is 0 Å². The monoisotopic (exact) mass is 391 g/mol. The molecule has 1 N–H and O–H groups in total.